The van der Waals surface area contributed by atoms with E-state index in [-0.39, 0.29) is 12.3 Å². The van der Waals surface area contributed by atoms with Crippen LogP contribution >= 0.6 is 11.6 Å². The van der Waals surface area contributed by atoms with Gasteiger partial charge in [-0.05, 0) is 49.3 Å². The zero-order valence-electron chi connectivity index (χ0n) is 15.0. The van der Waals surface area contributed by atoms with Crippen molar-refractivity contribution in [3.05, 3.63) is 34.9 Å². The molecule has 6 nitrogen and oxygen atoms in total. The summed E-state index contributed by atoms with van der Waals surface area (Å²) in [6.07, 6.45) is 2.32. The molecule has 0 saturated heterocycles. The summed E-state index contributed by atoms with van der Waals surface area (Å²) in [6, 6.07) is 6.31. The van der Waals surface area contributed by atoms with Crippen LogP contribution in [0.2, 0.25) is 5.02 Å². The molecule has 1 unspecified atom stereocenters. The van der Waals surface area contributed by atoms with Crippen LogP contribution < -0.4 is 10.6 Å². The highest BCUT2D eigenvalue weighted by atomic mass is 35.5. The molecule has 0 radical (unpaired) electrons. The van der Waals surface area contributed by atoms with Crippen molar-refractivity contribution in [2.45, 2.75) is 57.5 Å². The highest BCUT2D eigenvalue weighted by molar-refractivity contribution is 6.30. The second-order valence-electron chi connectivity index (χ2n) is 7.13. The number of carboxylic acid groups (broad SMARTS) is 1. The molecule has 1 aliphatic rings. The lowest BCUT2D eigenvalue weighted by atomic mass is 9.77. The second-order valence-corrected chi connectivity index (χ2v) is 7.56. The Hall–Kier alpha value is -2.08. The fourth-order valence-corrected chi connectivity index (χ4v) is 3.47. The van der Waals surface area contributed by atoms with Crippen molar-refractivity contribution >= 4 is 29.4 Å². The van der Waals surface area contributed by atoms with Crippen molar-refractivity contribution in [3.63, 3.8) is 0 Å². The number of halogens is 1. The standard InChI is InChI=1S/C19H25ClN2O4/c1-12-7-9-19(10-8-12,18(25)26)22-17(24)11-16(21-13(2)23)14-3-5-15(20)6-4-14/h3-6,12,16H,7-11H2,1-2H3,(H,21,23)(H,22,24)(H,25,26). The number of carbonyl (C=O) groups is 3. The summed E-state index contributed by atoms with van der Waals surface area (Å²) in [5.74, 6) is -1.20. The van der Waals surface area contributed by atoms with E-state index in [1.807, 2.05) is 0 Å². The summed E-state index contributed by atoms with van der Waals surface area (Å²) in [5, 5.41) is 15.7. The Morgan fingerprint density at radius 2 is 1.81 bits per heavy atom. The van der Waals surface area contributed by atoms with Gasteiger partial charge < -0.3 is 15.7 Å². The fourth-order valence-electron chi connectivity index (χ4n) is 3.34. The van der Waals surface area contributed by atoms with Gasteiger partial charge in [-0.2, -0.15) is 0 Å². The average Bonchev–Trinajstić information content (AvgIpc) is 2.56. The molecule has 1 atom stereocenters. The maximum Gasteiger partial charge on any atom is 0.329 e. The number of carboxylic acids is 1. The SMILES string of the molecule is CC(=O)NC(CC(=O)NC1(C(=O)O)CCC(C)CC1)c1ccc(Cl)cc1. The lowest BCUT2D eigenvalue weighted by molar-refractivity contribution is -0.149. The summed E-state index contributed by atoms with van der Waals surface area (Å²) < 4.78 is 0. The van der Waals surface area contributed by atoms with E-state index < -0.39 is 23.5 Å². The number of aliphatic carboxylic acids is 1. The predicted molar refractivity (Wildman–Crippen MR) is 98.8 cm³/mol. The lowest BCUT2D eigenvalue weighted by Crippen LogP contribution is -2.56. The molecule has 0 bridgehead atoms. The first kappa shape index (κ1) is 20.2. The summed E-state index contributed by atoms with van der Waals surface area (Å²) in [4.78, 5) is 35.9. The molecule has 142 valence electrons. The maximum atomic E-state index is 12.6. The van der Waals surface area contributed by atoms with E-state index in [9.17, 15) is 19.5 Å². The Morgan fingerprint density at radius 3 is 2.31 bits per heavy atom. The van der Waals surface area contributed by atoms with Crippen molar-refractivity contribution in [2.75, 3.05) is 0 Å². The van der Waals surface area contributed by atoms with E-state index in [0.29, 0.717) is 23.8 Å². The smallest absolute Gasteiger partial charge is 0.329 e. The van der Waals surface area contributed by atoms with Crippen molar-refractivity contribution in [1.82, 2.24) is 10.6 Å². The Labute approximate surface area is 158 Å². The van der Waals surface area contributed by atoms with Gasteiger partial charge in [0.1, 0.15) is 5.54 Å². The summed E-state index contributed by atoms with van der Waals surface area (Å²) in [7, 11) is 0. The minimum Gasteiger partial charge on any atom is -0.480 e. The highest BCUT2D eigenvalue weighted by Gasteiger charge is 2.42. The van der Waals surface area contributed by atoms with Crippen molar-refractivity contribution in [2.24, 2.45) is 5.92 Å². The third-order valence-electron chi connectivity index (χ3n) is 4.96. The van der Waals surface area contributed by atoms with Gasteiger partial charge in [0.05, 0.1) is 12.5 Å². The number of nitrogens with one attached hydrogen (secondary N) is 2. The number of rotatable bonds is 6. The monoisotopic (exact) mass is 380 g/mol. The van der Waals surface area contributed by atoms with E-state index in [1.54, 1.807) is 24.3 Å². The van der Waals surface area contributed by atoms with Crippen molar-refractivity contribution < 1.29 is 19.5 Å². The van der Waals surface area contributed by atoms with Crippen LogP contribution in [0.25, 0.3) is 0 Å². The third-order valence-corrected chi connectivity index (χ3v) is 5.21. The molecule has 1 aromatic carbocycles. The van der Waals surface area contributed by atoms with Crippen LogP contribution in [-0.2, 0) is 14.4 Å². The Balaban J connectivity index is 2.11. The molecular weight excluding hydrogens is 356 g/mol. The molecule has 0 heterocycles. The molecule has 3 N–H and O–H groups in total. The molecule has 26 heavy (non-hydrogen) atoms. The van der Waals surface area contributed by atoms with Crippen LogP contribution in [0.1, 0.15) is 57.6 Å². The number of hydrogen-bond donors (Lipinski definition) is 3. The van der Waals surface area contributed by atoms with Crippen LogP contribution in [0.15, 0.2) is 24.3 Å². The maximum absolute atomic E-state index is 12.6. The van der Waals surface area contributed by atoms with Gasteiger partial charge in [0.2, 0.25) is 11.8 Å². The van der Waals surface area contributed by atoms with E-state index in [0.717, 1.165) is 18.4 Å². The first-order valence-corrected chi connectivity index (χ1v) is 9.16. The molecule has 1 saturated carbocycles. The number of hydrogen-bond acceptors (Lipinski definition) is 3. The molecule has 0 aliphatic heterocycles. The molecule has 1 aliphatic carbocycles. The normalized spacial score (nSPS) is 23.7. The molecule has 1 fully saturated rings. The molecule has 2 rings (SSSR count). The van der Waals surface area contributed by atoms with E-state index in [4.69, 9.17) is 11.6 Å². The van der Waals surface area contributed by atoms with Crippen LogP contribution in [0.5, 0.6) is 0 Å². The summed E-state index contributed by atoms with van der Waals surface area (Å²) >= 11 is 5.89. The van der Waals surface area contributed by atoms with E-state index in [2.05, 4.69) is 17.6 Å². The van der Waals surface area contributed by atoms with Crippen LogP contribution in [0, 0.1) is 5.92 Å². The molecule has 7 heteroatoms. The highest BCUT2D eigenvalue weighted by Crippen LogP contribution is 2.32. The Kier molecular flexibility index (Phi) is 6.64. The van der Waals surface area contributed by atoms with Crippen LogP contribution in [-0.4, -0.2) is 28.4 Å². The Morgan fingerprint density at radius 1 is 1.23 bits per heavy atom. The van der Waals surface area contributed by atoms with Gasteiger partial charge in [0.25, 0.3) is 0 Å². The second kappa shape index (κ2) is 8.54. The topological polar surface area (TPSA) is 95.5 Å². The molecule has 2 amide bonds. The quantitative estimate of drug-likeness (QED) is 0.706. The largest absolute Gasteiger partial charge is 0.480 e. The Bertz CT molecular complexity index is 667. The van der Waals surface area contributed by atoms with Crippen molar-refractivity contribution in [3.8, 4) is 0 Å². The zero-order chi connectivity index (χ0) is 19.3. The first-order valence-electron chi connectivity index (χ1n) is 8.79. The first-order chi connectivity index (χ1) is 12.2. The van der Waals surface area contributed by atoms with Gasteiger partial charge in [-0.15, -0.1) is 0 Å². The fraction of sp³-hybridized carbons (Fsp3) is 0.526. The van der Waals surface area contributed by atoms with Gasteiger partial charge >= 0.3 is 5.97 Å². The summed E-state index contributed by atoms with van der Waals surface area (Å²) in [6.45, 7) is 3.46. The molecule has 0 spiro atoms. The lowest BCUT2D eigenvalue weighted by Gasteiger charge is -2.36. The molecule has 1 aromatic rings. The van der Waals surface area contributed by atoms with Gasteiger partial charge in [-0.1, -0.05) is 30.7 Å². The van der Waals surface area contributed by atoms with Gasteiger partial charge in [-0.3, -0.25) is 9.59 Å². The number of carbonyl (C=O) groups excluding carboxylic acids is 2. The number of benzene rings is 1. The zero-order valence-corrected chi connectivity index (χ0v) is 15.8. The van der Waals surface area contributed by atoms with Gasteiger partial charge in [0.15, 0.2) is 0 Å². The van der Waals surface area contributed by atoms with Crippen LogP contribution in [0.4, 0.5) is 0 Å². The predicted octanol–water partition coefficient (Wildman–Crippen LogP) is 3.06. The van der Waals surface area contributed by atoms with Crippen molar-refractivity contribution in [1.29, 1.82) is 0 Å². The molecular formula is C19H25ClN2O4. The minimum absolute atomic E-state index is 0.0359. The van der Waals surface area contributed by atoms with Gasteiger partial charge in [0, 0.05) is 11.9 Å². The number of amides is 2. The summed E-state index contributed by atoms with van der Waals surface area (Å²) in [5.41, 5.74) is -0.480. The average molecular weight is 381 g/mol. The van der Waals surface area contributed by atoms with Gasteiger partial charge in [-0.25, -0.2) is 4.79 Å². The van der Waals surface area contributed by atoms with E-state index in [1.165, 1.54) is 6.92 Å². The van der Waals surface area contributed by atoms with E-state index >= 15 is 0 Å². The molecule has 0 aromatic heterocycles. The van der Waals surface area contributed by atoms with Crippen LogP contribution in [0.3, 0.4) is 0 Å². The minimum atomic E-state index is -1.22. The third kappa shape index (κ3) is 5.21.